The van der Waals surface area contributed by atoms with Crippen LogP contribution in [-0.4, -0.2) is 63.9 Å². The highest BCUT2D eigenvalue weighted by atomic mass is 32.2. The Labute approximate surface area is 148 Å². The van der Waals surface area contributed by atoms with Crippen LogP contribution in [0, 0.1) is 12.8 Å². The number of ether oxygens (including phenoxy) is 2. The lowest BCUT2D eigenvalue weighted by Gasteiger charge is -2.32. The number of piperidine rings is 1. The van der Waals surface area contributed by atoms with E-state index in [9.17, 15) is 13.2 Å². The molecule has 1 amide bonds. The van der Waals surface area contributed by atoms with Crippen LogP contribution in [0.3, 0.4) is 0 Å². The number of amides is 1. The number of likely N-dealkylation sites (N-methyl/N-ethyl adjacent to an activating group) is 1. The SMILES string of the molecule is COc1cc(S(=O)(=O)N2C[C@@H]3CC[C@H](C2)N(C)C3=O)c(OC)cc1C. The van der Waals surface area contributed by atoms with E-state index in [1.54, 1.807) is 18.0 Å². The molecule has 0 aromatic heterocycles. The topological polar surface area (TPSA) is 76.2 Å². The summed E-state index contributed by atoms with van der Waals surface area (Å²) < 4.78 is 38.6. The van der Waals surface area contributed by atoms with Crippen molar-refractivity contribution in [3.8, 4) is 11.5 Å². The molecule has 2 bridgehead atoms. The van der Waals surface area contributed by atoms with Gasteiger partial charge in [0.25, 0.3) is 0 Å². The molecule has 3 saturated heterocycles. The Balaban J connectivity index is 2.04. The van der Waals surface area contributed by atoms with E-state index in [1.807, 2.05) is 6.92 Å². The van der Waals surface area contributed by atoms with Crippen molar-refractivity contribution in [3.63, 3.8) is 0 Å². The van der Waals surface area contributed by atoms with Crippen LogP contribution in [0.1, 0.15) is 18.4 Å². The number of nitrogens with zero attached hydrogens (tertiary/aromatic N) is 2. The van der Waals surface area contributed by atoms with Crippen molar-refractivity contribution in [2.45, 2.75) is 30.7 Å². The van der Waals surface area contributed by atoms with Crippen LogP contribution in [0.25, 0.3) is 0 Å². The van der Waals surface area contributed by atoms with Gasteiger partial charge in [-0.3, -0.25) is 4.79 Å². The number of carbonyl (C=O) groups excluding carboxylic acids is 1. The van der Waals surface area contributed by atoms with Crippen molar-refractivity contribution in [2.24, 2.45) is 5.92 Å². The fraction of sp³-hybridized carbons (Fsp3) is 0.588. The lowest BCUT2D eigenvalue weighted by molar-refractivity contribution is -0.138. The molecule has 0 aliphatic carbocycles. The number of sulfonamides is 1. The van der Waals surface area contributed by atoms with E-state index in [0.717, 1.165) is 18.4 Å². The monoisotopic (exact) mass is 368 g/mol. The smallest absolute Gasteiger partial charge is 0.246 e. The van der Waals surface area contributed by atoms with E-state index < -0.39 is 10.0 Å². The Kier molecular flexibility index (Phi) is 4.68. The molecule has 2 atom stereocenters. The predicted molar refractivity (Wildman–Crippen MR) is 92.3 cm³/mol. The zero-order valence-corrected chi connectivity index (χ0v) is 15.8. The number of aryl methyl sites for hydroxylation is 1. The van der Waals surface area contributed by atoms with Crippen molar-refractivity contribution < 1.29 is 22.7 Å². The minimum atomic E-state index is -3.80. The van der Waals surface area contributed by atoms with Crippen molar-refractivity contribution in [2.75, 3.05) is 34.4 Å². The first-order chi connectivity index (χ1) is 11.8. The summed E-state index contributed by atoms with van der Waals surface area (Å²) in [6, 6.07) is 3.08. The van der Waals surface area contributed by atoms with Gasteiger partial charge in [0, 0.05) is 32.2 Å². The summed E-state index contributed by atoms with van der Waals surface area (Å²) in [5.74, 6) is 0.527. The van der Waals surface area contributed by atoms with Gasteiger partial charge in [-0.1, -0.05) is 0 Å². The highest BCUT2D eigenvalue weighted by molar-refractivity contribution is 7.89. The van der Waals surface area contributed by atoms with E-state index in [0.29, 0.717) is 12.3 Å². The van der Waals surface area contributed by atoms with Crippen molar-refractivity contribution in [1.82, 2.24) is 9.21 Å². The summed E-state index contributed by atoms with van der Waals surface area (Å²) in [7, 11) is 0.907. The second-order valence-corrected chi connectivity index (χ2v) is 8.58. The molecule has 0 unspecified atom stereocenters. The molecule has 0 N–H and O–H groups in total. The molecule has 3 heterocycles. The van der Waals surface area contributed by atoms with E-state index in [2.05, 4.69) is 0 Å². The van der Waals surface area contributed by atoms with E-state index in [1.165, 1.54) is 24.6 Å². The minimum absolute atomic E-state index is 0.0300. The number of hydrogen-bond donors (Lipinski definition) is 0. The average molecular weight is 368 g/mol. The molecule has 3 aliphatic rings. The van der Waals surface area contributed by atoms with Crippen LogP contribution in [0.15, 0.2) is 17.0 Å². The Morgan fingerprint density at radius 1 is 1.08 bits per heavy atom. The van der Waals surface area contributed by atoms with E-state index >= 15 is 0 Å². The summed E-state index contributed by atoms with van der Waals surface area (Å²) in [5, 5.41) is 0. The standard InChI is InChI=1S/C17H24N2O5S/c1-11-7-15(24-4)16(8-14(11)23-3)25(21,22)19-9-12-5-6-13(10-19)18(2)17(12)20/h7-8,12-13H,5-6,9-10H2,1-4H3/t12-,13+/m0/s1. The van der Waals surface area contributed by atoms with Crippen molar-refractivity contribution >= 4 is 15.9 Å². The largest absolute Gasteiger partial charge is 0.496 e. The summed E-state index contributed by atoms with van der Waals surface area (Å²) in [4.78, 5) is 14.1. The minimum Gasteiger partial charge on any atom is -0.496 e. The number of hydrogen-bond acceptors (Lipinski definition) is 5. The highest BCUT2D eigenvalue weighted by Gasteiger charge is 2.43. The third-order valence-corrected chi connectivity index (χ3v) is 7.08. The van der Waals surface area contributed by atoms with Crippen molar-refractivity contribution in [1.29, 1.82) is 0 Å². The van der Waals surface area contributed by atoms with Crippen LogP contribution in [0.2, 0.25) is 0 Å². The van der Waals surface area contributed by atoms with Crippen LogP contribution < -0.4 is 9.47 Å². The van der Waals surface area contributed by atoms with Gasteiger partial charge in [0.05, 0.1) is 20.1 Å². The molecular formula is C17H24N2O5S. The first-order valence-electron chi connectivity index (χ1n) is 8.29. The van der Waals surface area contributed by atoms with Crippen LogP contribution in [-0.2, 0) is 14.8 Å². The lowest BCUT2D eigenvalue weighted by atomic mass is 9.95. The van der Waals surface area contributed by atoms with Gasteiger partial charge in [0.15, 0.2) is 0 Å². The van der Waals surface area contributed by atoms with Gasteiger partial charge < -0.3 is 14.4 Å². The van der Waals surface area contributed by atoms with Crippen LogP contribution >= 0.6 is 0 Å². The van der Waals surface area contributed by atoms with Crippen LogP contribution in [0.4, 0.5) is 0 Å². The summed E-state index contributed by atoms with van der Waals surface area (Å²) in [6.07, 6.45) is 1.56. The maximum atomic E-state index is 13.3. The molecule has 0 spiro atoms. The maximum absolute atomic E-state index is 13.3. The van der Waals surface area contributed by atoms with Gasteiger partial charge >= 0.3 is 0 Å². The first-order valence-corrected chi connectivity index (χ1v) is 9.73. The molecular weight excluding hydrogens is 344 g/mol. The van der Waals surface area contributed by atoms with Gasteiger partial charge in [-0.05, 0) is 31.4 Å². The van der Waals surface area contributed by atoms with Gasteiger partial charge in [-0.15, -0.1) is 0 Å². The predicted octanol–water partition coefficient (Wildman–Crippen LogP) is 1.25. The van der Waals surface area contributed by atoms with E-state index in [-0.39, 0.29) is 35.1 Å². The third kappa shape index (κ3) is 2.97. The molecule has 7 nitrogen and oxygen atoms in total. The zero-order chi connectivity index (χ0) is 18.4. The molecule has 0 saturated carbocycles. The van der Waals surface area contributed by atoms with Gasteiger partial charge in [0.2, 0.25) is 15.9 Å². The molecule has 4 rings (SSSR count). The average Bonchev–Trinajstić information content (AvgIpc) is 2.88. The molecule has 3 fully saturated rings. The Hall–Kier alpha value is -1.80. The number of methoxy groups -OCH3 is 2. The Morgan fingerprint density at radius 2 is 1.76 bits per heavy atom. The van der Waals surface area contributed by atoms with Crippen molar-refractivity contribution in [3.05, 3.63) is 17.7 Å². The quantitative estimate of drug-likeness (QED) is 0.800. The molecule has 138 valence electrons. The molecule has 3 aliphatic heterocycles. The zero-order valence-electron chi connectivity index (χ0n) is 15.0. The van der Waals surface area contributed by atoms with E-state index in [4.69, 9.17) is 9.47 Å². The molecule has 1 aromatic rings. The summed E-state index contributed by atoms with van der Waals surface area (Å²) in [5.41, 5.74) is 0.796. The second kappa shape index (κ2) is 6.49. The molecule has 0 radical (unpaired) electrons. The Bertz CT molecular complexity index is 792. The fourth-order valence-corrected chi connectivity index (χ4v) is 5.35. The third-order valence-electron chi connectivity index (χ3n) is 5.23. The van der Waals surface area contributed by atoms with Gasteiger partial charge in [0.1, 0.15) is 16.4 Å². The molecule has 1 aromatic carbocycles. The number of fused-ring (bicyclic) bond motifs is 4. The number of benzene rings is 1. The molecule has 25 heavy (non-hydrogen) atoms. The van der Waals surface area contributed by atoms with Gasteiger partial charge in [-0.2, -0.15) is 4.31 Å². The second-order valence-electron chi connectivity index (χ2n) is 6.67. The van der Waals surface area contributed by atoms with Gasteiger partial charge in [-0.25, -0.2) is 8.42 Å². The number of rotatable bonds is 4. The first kappa shape index (κ1) is 18.0. The summed E-state index contributed by atoms with van der Waals surface area (Å²) >= 11 is 0. The fourth-order valence-electron chi connectivity index (χ4n) is 3.68. The lowest BCUT2D eigenvalue weighted by Crippen LogP contribution is -2.45. The molecule has 8 heteroatoms. The number of carbonyl (C=O) groups is 1. The summed E-state index contributed by atoms with van der Waals surface area (Å²) in [6.45, 7) is 2.35. The normalized spacial score (nSPS) is 24.3. The maximum Gasteiger partial charge on any atom is 0.246 e. The Morgan fingerprint density at radius 3 is 2.40 bits per heavy atom. The van der Waals surface area contributed by atoms with Crippen LogP contribution in [0.5, 0.6) is 11.5 Å². The highest BCUT2D eigenvalue weighted by Crippen LogP contribution is 2.36.